The van der Waals surface area contributed by atoms with Crippen LogP contribution >= 0.6 is 54.8 Å². The summed E-state index contributed by atoms with van der Waals surface area (Å²) in [6, 6.07) is 9.20. The van der Waals surface area contributed by atoms with Crippen LogP contribution in [0.25, 0.3) is 11.0 Å². The van der Waals surface area contributed by atoms with E-state index in [1.54, 1.807) is 6.07 Å². The molecule has 1 N–H and O–H groups in total. The Bertz CT molecular complexity index is 750. The van der Waals surface area contributed by atoms with Crippen LogP contribution in [-0.2, 0) is 0 Å². The Morgan fingerprint density at radius 1 is 1.26 bits per heavy atom. The molecule has 0 aliphatic rings. The molecule has 0 bridgehead atoms. The number of furan rings is 1. The van der Waals surface area contributed by atoms with Gasteiger partial charge in [-0.15, -0.1) is 11.3 Å². The number of halogens is 3. The SMILES string of the molecule is OC(c1cc2cccc(Cl)c2o1)c1cc(Br)sc1Br. The predicted molar refractivity (Wildman–Crippen MR) is 85.0 cm³/mol. The zero-order valence-corrected chi connectivity index (χ0v) is 14.1. The topological polar surface area (TPSA) is 33.4 Å². The third-order valence-electron chi connectivity index (χ3n) is 2.76. The van der Waals surface area contributed by atoms with Crippen molar-refractivity contribution >= 4 is 65.8 Å². The first-order chi connectivity index (χ1) is 9.06. The first-order valence-electron chi connectivity index (χ1n) is 5.37. The summed E-state index contributed by atoms with van der Waals surface area (Å²) in [5, 5.41) is 11.8. The van der Waals surface area contributed by atoms with Crippen molar-refractivity contribution < 1.29 is 9.52 Å². The highest BCUT2D eigenvalue weighted by atomic mass is 79.9. The van der Waals surface area contributed by atoms with Crippen molar-refractivity contribution in [1.29, 1.82) is 0 Å². The van der Waals surface area contributed by atoms with Gasteiger partial charge in [-0.25, -0.2) is 0 Å². The van der Waals surface area contributed by atoms with Crippen LogP contribution in [0.5, 0.6) is 0 Å². The summed E-state index contributed by atoms with van der Waals surface area (Å²) in [7, 11) is 0. The highest BCUT2D eigenvalue weighted by Crippen LogP contribution is 2.39. The van der Waals surface area contributed by atoms with E-state index in [1.807, 2.05) is 24.3 Å². The van der Waals surface area contributed by atoms with Crippen molar-refractivity contribution in [3.8, 4) is 0 Å². The van der Waals surface area contributed by atoms with Crippen molar-refractivity contribution in [3.63, 3.8) is 0 Å². The molecule has 0 spiro atoms. The average Bonchev–Trinajstić information content (AvgIpc) is 2.93. The van der Waals surface area contributed by atoms with E-state index in [9.17, 15) is 5.11 Å². The van der Waals surface area contributed by atoms with Gasteiger partial charge in [0, 0.05) is 10.9 Å². The smallest absolute Gasteiger partial charge is 0.153 e. The normalized spacial score (nSPS) is 13.1. The number of hydrogen-bond acceptors (Lipinski definition) is 3. The van der Waals surface area contributed by atoms with Crippen LogP contribution in [0.1, 0.15) is 17.4 Å². The summed E-state index contributed by atoms with van der Waals surface area (Å²) in [5.74, 6) is 0.481. The van der Waals surface area contributed by atoms with Crippen LogP contribution in [0.4, 0.5) is 0 Å². The van der Waals surface area contributed by atoms with Gasteiger partial charge >= 0.3 is 0 Å². The summed E-state index contributed by atoms with van der Waals surface area (Å²) >= 11 is 14.4. The molecule has 1 atom stereocenters. The van der Waals surface area contributed by atoms with Crippen LogP contribution in [0.15, 0.2) is 42.3 Å². The number of fused-ring (bicyclic) bond motifs is 1. The zero-order valence-electron chi connectivity index (χ0n) is 9.36. The van der Waals surface area contributed by atoms with E-state index in [4.69, 9.17) is 16.0 Å². The molecule has 1 unspecified atom stereocenters. The van der Waals surface area contributed by atoms with Gasteiger partial charge in [-0.2, -0.15) is 0 Å². The van der Waals surface area contributed by atoms with E-state index in [1.165, 1.54) is 11.3 Å². The largest absolute Gasteiger partial charge is 0.456 e. The number of rotatable bonds is 2. The monoisotopic (exact) mass is 420 g/mol. The summed E-state index contributed by atoms with van der Waals surface area (Å²) < 4.78 is 7.49. The van der Waals surface area contributed by atoms with Crippen molar-refractivity contribution in [2.45, 2.75) is 6.10 Å². The van der Waals surface area contributed by atoms with Crippen molar-refractivity contribution in [1.82, 2.24) is 0 Å². The van der Waals surface area contributed by atoms with E-state index in [0.717, 1.165) is 18.5 Å². The zero-order chi connectivity index (χ0) is 13.6. The van der Waals surface area contributed by atoms with Gasteiger partial charge < -0.3 is 9.52 Å². The van der Waals surface area contributed by atoms with E-state index in [0.29, 0.717) is 16.4 Å². The molecule has 3 aromatic rings. The molecule has 6 heteroatoms. The maximum atomic E-state index is 10.4. The molecule has 0 saturated carbocycles. The van der Waals surface area contributed by atoms with Gasteiger partial charge in [0.1, 0.15) is 11.9 Å². The second kappa shape index (κ2) is 5.22. The lowest BCUT2D eigenvalue weighted by molar-refractivity contribution is 0.192. The molecule has 0 saturated heterocycles. The fourth-order valence-corrected chi connectivity index (χ4v) is 4.98. The number of para-hydroxylation sites is 1. The van der Waals surface area contributed by atoms with Crippen LogP contribution in [-0.4, -0.2) is 5.11 Å². The molecule has 19 heavy (non-hydrogen) atoms. The van der Waals surface area contributed by atoms with Crippen molar-refractivity contribution in [2.24, 2.45) is 0 Å². The standard InChI is InChI=1S/C13H7Br2ClO2S/c14-10-5-7(13(15)19-10)11(17)9-4-6-2-1-3-8(16)12(6)18-9/h1-5,11,17H. The first-order valence-corrected chi connectivity index (χ1v) is 8.15. The highest BCUT2D eigenvalue weighted by molar-refractivity contribution is 9.12. The molecule has 3 rings (SSSR count). The number of hydrogen-bond donors (Lipinski definition) is 1. The van der Waals surface area contributed by atoms with Gasteiger partial charge in [0.25, 0.3) is 0 Å². The van der Waals surface area contributed by atoms with Gasteiger partial charge in [-0.05, 0) is 50.1 Å². The van der Waals surface area contributed by atoms with Crippen molar-refractivity contribution in [3.05, 3.63) is 54.3 Å². The molecule has 2 heterocycles. The molecule has 2 nitrogen and oxygen atoms in total. The first kappa shape index (κ1) is 13.6. The van der Waals surface area contributed by atoms with Crippen LogP contribution in [0.3, 0.4) is 0 Å². The second-order valence-corrected chi connectivity index (χ2v) is 8.15. The quantitative estimate of drug-likeness (QED) is 0.570. The average molecular weight is 423 g/mol. The summed E-state index contributed by atoms with van der Waals surface area (Å²) in [6.07, 6.45) is -0.819. The minimum Gasteiger partial charge on any atom is -0.456 e. The van der Waals surface area contributed by atoms with Crippen LogP contribution < -0.4 is 0 Å². The van der Waals surface area contributed by atoms with E-state index in [2.05, 4.69) is 31.9 Å². The highest BCUT2D eigenvalue weighted by Gasteiger charge is 2.20. The minimum atomic E-state index is -0.819. The lowest BCUT2D eigenvalue weighted by Crippen LogP contribution is -1.96. The molecule has 0 aliphatic carbocycles. The Balaban J connectivity index is 2.09. The van der Waals surface area contributed by atoms with E-state index in [-0.39, 0.29) is 0 Å². The molecule has 0 radical (unpaired) electrons. The second-order valence-electron chi connectivity index (χ2n) is 3.99. The van der Waals surface area contributed by atoms with Gasteiger partial charge in [0.2, 0.25) is 0 Å². The Morgan fingerprint density at radius 2 is 2.05 bits per heavy atom. The fourth-order valence-electron chi connectivity index (χ4n) is 1.87. The lowest BCUT2D eigenvalue weighted by atomic mass is 10.1. The lowest BCUT2D eigenvalue weighted by Gasteiger charge is -2.05. The van der Waals surface area contributed by atoms with Crippen molar-refractivity contribution in [2.75, 3.05) is 0 Å². The van der Waals surface area contributed by atoms with Gasteiger partial charge in [-0.3, -0.25) is 0 Å². The summed E-state index contributed by atoms with van der Waals surface area (Å²) in [4.78, 5) is 0. The van der Waals surface area contributed by atoms with Crippen LogP contribution in [0, 0.1) is 0 Å². The van der Waals surface area contributed by atoms with Crippen LogP contribution in [0.2, 0.25) is 5.02 Å². The molecular weight excluding hydrogens is 415 g/mol. The molecule has 1 aromatic carbocycles. The molecule has 2 aromatic heterocycles. The minimum absolute atomic E-state index is 0.481. The van der Waals surface area contributed by atoms with Gasteiger partial charge in [-0.1, -0.05) is 23.7 Å². The Kier molecular flexibility index (Phi) is 3.75. The molecule has 0 aliphatic heterocycles. The number of aliphatic hydroxyl groups excluding tert-OH is 1. The maximum Gasteiger partial charge on any atom is 0.153 e. The third kappa shape index (κ3) is 2.50. The Labute approximate surface area is 135 Å². The fraction of sp³-hybridized carbons (Fsp3) is 0.0769. The van der Waals surface area contributed by atoms with Gasteiger partial charge in [0.15, 0.2) is 5.58 Å². The summed E-state index contributed by atoms with van der Waals surface area (Å²) in [6.45, 7) is 0. The maximum absolute atomic E-state index is 10.4. The summed E-state index contributed by atoms with van der Waals surface area (Å²) in [5.41, 5.74) is 1.37. The van der Waals surface area contributed by atoms with E-state index >= 15 is 0 Å². The number of benzene rings is 1. The predicted octanol–water partition coefficient (Wildman–Crippen LogP) is 5.75. The van der Waals surface area contributed by atoms with E-state index < -0.39 is 6.10 Å². The number of thiophene rings is 1. The van der Waals surface area contributed by atoms with Gasteiger partial charge in [0.05, 0.1) is 12.6 Å². The Hall–Kier alpha value is -0.330. The molecular formula is C13H7Br2ClO2S. The number of aliphatic hydroxyl groups is 1. The Morgan fingerprint density at radius 3 is 2.68 bits per heavy atom. The molecule has 0 amide bonds. The molecule has 98 valence electrons. The third-order valence-corrected chi connectivity index (χ3v) is 5.45. The molecule has 0 fully saturated rings.